The van der Waals surface area contributed by atoms with E-state index >= 15 is 0 Å². The van der Waals surface area contributed by atoms with Crippen LogP contribution in [0.4, 0.5) is 13.2 Å². The maximum atomic E-state index is 14.2. The van der Waals surface area contributed by atoms with Gasteiger partial charge >= 0.3 is 12.1 Å². The lowest BCUT2D eigenvalue weighted by atomic mass is 9.73. The van der Waals surface area contributed by atoms with Gasteiger partial charge in [-0.15, -0.1) is 0 Å². The monoisotopic (exact) mass is 621 g/mol. The molecule has 2 aliphatic rings. The van der Waals surface area contributed by atoms with Crippen molar-refractivity contribution in [3.8, 4) is 5.75 Å². The molecule has 6 atom stereocenters. The van der Waals surface area contributed by atoms with Crippen LogP contribution in [0.1, 0.15) is 74.4 Å². The molecule has 11 heteroatoms. The lowest BCUT2D eigenvalue weighted by Crippen LogP contribution is -2.51. The number of rotatable bonds is 9. The average molecular weight is 622 g/mol. The molecule has 4 rings (SSSR count). The van der Waals surface area contributed by atoms with Crippen molar-refractivity contribution in [2.24, 2.45) is 11.3 Å². The number of benzene rings is 2. The zero-order valence-corrected chi connectivity index (χ0v) is 26.0. The number of alkyl halides is 3. The van der Waals surface area contributed by atoms with Gasteiger partial charge in [-0.05, 0) is 60.9 Å². The smallest absolute Gasteiger partial charge is 0.416 e. The van der Waals surface area contributed by atoms with E-state index < -0.39 is 65.3 Å². The minimum atomic E-state index is -4.59. The summed E-state index contributed by atoms with van der Waals surface area (Å²) in [5, 5.41) is 10.7. The molecule has 0 aliphatic carbocycles. The number of carbonyl (C=O) groups excluding carboxylic acids is 1. The number of aliphatic carboxylic acids is 1. The van der Waals surface area contributed by atoms with Gasteiger partial charge in [0, 0.05) is 25.2 Å². The van der Waals surface area contributed by atoms with Crippen LogP contribution in [0.3, 0.4) is 0 Å². The second kappa shape index (κ2) is 13.5. The zero-order valence-electron chi connectivity index (χ0n) is 26.0. The molecule has 0 saturated carbocycles. The number of hydrogen-bond acceptors (Lipinski definition) is 6. The van der Waals surface area contributed by atoms with Gasteiger partial charge in [-0.3, -0.25) is 4.79 Å². The Morgan fingerprint density at radius 3 is 2.34 bits per heavy atom. The van der Waals surface area contributed by atoms with Crippen LogP contribution in [0, 0.1) is 18.3 Å². The molecule has 0 spiro atoms. The Morgan fingerprint density at radius 1 is 1.09 bits per heavy atom. The highest BCUT2D eigenvalue weighted by atomic mass is 19.4. The molecule has 1 unspecified atom stereocenters. The Bertz CT molecular complexity index is 1320. The van der Waals surface area contributed by atoms with E-state index in [9.17, 15) is 27.9 Å². The number of carboxylic acids is 1. The first-order chi connectivity index (χ1) is 20.7. The summed E-state index contributed by atoms with van der Waals surface area (Å²) in [6.07, 6.45) is -5.11. The van der Waals surface area contributed by atoms with E-state index in [2.05, 4.69) is 0 Å². The molecular weight excluding hydrogens is 579 g/mol. The minimum absolute atomic E-state index is 0.140. The summed E-state index contributed by atoms with van der Waals surface area (Å²) >= 11 is 0. The normalized spacial score (nSPS) is 25.1. The molecule has 0 aromatic heterocycles. The maximum Gasteiger partial charge on any atom is 0.416 e. The third-order valence-corrected chi connectivity index (χ3v) is 8.70. The van der Waals surface area contributed by atoms with Gasteiger partial charge in [-0.2, -0.15) is 13.2 Å². The molecule has 2 aliphatic heterocycles. The second-order valence-corrected chi connectivity index (χ2v) is 12.6. The first kappa shape index (κ1) is 33.7. The van der Waals surface area contributed by atoms with E-state index in [1.54, 1.807) is 0 Å². The van der Waals surface area contributed by atoms with Crippen molar-refractivity contribution in [1.29, 1.82) is 0 Å². The predicted molar refractivity (Wildman–Crippen MR) is 156 cm³/mol. The largest absolute Gasteiger partial charge is 0.496 e. The van der Waals surface area contributed by atoms with E-state index in [4.69, 9.17) is 18.9 Å². The van der Waals surface area contributed by atoms with E-state index in [0.29, 0.717) is 13.0 Å². The van der Waals surface area contributed by atoms with Crippen molar-refractivity contribution >= 4 is 11.9 Å². The summed E-state index contributed by atoms with van der Waals surface area (Å²) in [5.74, 6) is -2.08. The van der Waals surface area contributed by atoms with Gasteiger partial charge in [0.15, 0.2) is 0 Å². The highest BCUT2D eigenvalue weighted by Gasteiger charge is 2.59. The van der Waals surface area contributed by atoms with Crippen LogP contribution in [0.5, 0.6) is 5.75 Å². The predicted octanol–water partition coefficient (Wildman–Crippen LogP) is 6.36. The molecular formula is C33H42F3NO7. The number of amides is 1. The highest BCUT2D eigenvalue weighted by Crippen LogP contribution is 2.51. The van der Waals surface area contributed by atoms with Crippen LogP contribution < -0.4 is 4.74 Å². The van der Waals surface area contributed by atoms with Crippen molar-refractivity contribution in [2.75, 3.05) is 27.4 Å². The molecule has 2 heterocycles. The van der Waals surface area contributed by atoms with Crippen LogP contribution in [0.25, 0.3) is 0 Å². The Labute approximate surface area is 256 Å². The first-order valence-corrected chi connectivity index (χ1v) is 14.8. The van der Waals surface area contributed by atoms with E-state index in [1.807, 2.05) is 52.0 Å². The summed E-state index contributed by atoms with van der Waals surface area (Å²) in [6.45, 7) is 7.77. The van der Waals surface area contributed by atoms with Gasteiger partial charge in [0.2, 0.25) is 0 Å². The van der Waals surface area contributed by atoms with Crippen molar-refractivity contribution in [2.45, 2.75) is 83.5 Å². The van der Waals surface area contributed by atoms with Crippen LogP contribution in [0.2, 0.25) is 0 Å². The SMILES string of the molecule is COc1ccc(C(F)(F)F)cc1C(CO[C@H]1[C@H](C(C)(C)C)[C@@H](C(=O)O)N(C(=O)[C@@H]2CCCCO2)[C@H]1c1ccccc1C)OC. The van der Waals surface area contributed by atoms with E-state index in [-0.39, 0.29) is 17.9 Å². The summed E-state index contributed by atoms with van der Waals surface area (Å²) < 4.78 is 64.3. The topological polar surface area (TPSA) is 94.5 Å². The van der Waals surface area contributed by atoms with Gasteiger partial charge in [0.05, 0.1) is 31.4 Å². The Hall–Kier alpha value is -3.15. The summed E-state index contributed by atoms with van der Waals surface area (Å²) in [6, 6.07) is 8.52. The van der Waals surface area contributed by atoms with Crippen molar-refractivity contribution in [3.05, 3.63) is 64.7 Å². The van der Waals surface area contributed by atoms with Gasteiger partial charge in [-0.25, -0.2) is 4.79 Å². The fraction of sp³-hybridized carbons (Fsp3) is 0.576. The lowest BCUT2D eigenvalue weighted by molar-refractivity contribution is -0.159. The third-order valence-electron chi connectivity index (χ3n) is 8.70. The lowest BCUT2D eigenvalue weighted by Gasteiger charge is -2.35. The molecule has 2 aromatic carbocycles. The summed E-state index contributed by atoms with van der Waals surface area (Å²) in [7, 11) is 2.72. The number of likely N-dealkylation sites (tertiary alicyclic amines) is 1. The number of carboxylic acid groups (broad SMARTS) is 1. The number of hydrogen-bond donors (Lipinski definition) is 1. The number of carbonyl (C=O) groups is 2. The van der Waals surface area contributed by atoms with Crippen molar-refractivity contribution in [1.82, 2.24) is 4.90 Å². The molecule has 2 saturated heterocycles. The quantitative estimate of drug-likeness (QED) is 0.348. The standard InChI is InChI=1S/C33H42F3NO7/c1-19-11-7-8-12-21(19)27-29(44-18-25(42-6)22-17-20(33(34,35)36)14-15-23(22)41-5)26(32(2,3)4)28(31(39)40)37(27)30(38)24-13-9-10-16-43-24/h7-8,11-12,14-15,17,24-29H,9-10,13,16,18H2,1-6H3,(H,39,40)/t24-,25?,26+,27-,28-,29-/m0/s1. The van der Waals surface area contributed by atoms with E-state index in [0.717, 1.165) is 36.1 Å². The molecule has 8 nitrogen and oxygen atoms in total. The molecule has 44 heavy (non-hydrogen) atoms. The van der Waals surface area contributed by atoms with Crippen LogP contribution in [-0.2, 0) is 30.0 Å². The van der Waals surface area contributed by atoms with Crippen LogP contribution >= 0.6 is 0 Å². The first-order valence-electron chi connectivity index (χ1n) is 14.8. The van der Waals surface area contributed by atoms with Crippen LogP contribution in [-0.4, -0.2) is 67.6 Å². The number of methoxy groups -OCH3 is 2. The molecule has 0 bridgehead atoms. The Kier molecular flexibility index (Phi) is 10.3. The van der Waals surface area contributed by atoms with Gasteiger partial charge in [-0.1, -0.05) is 45.0 Å². The number of aryl methyl sites for hydroxylation is 1. The zero-order chi connectivity index (χ0) is 32.4. The van der Waals surface area contributed by atoms with Gasteiger partial charge < -0.3 is 29.0 Å². The maximum absolute atomic E-state index is 14.2. The number of ether oxygens (including phenoxy) is 4. The Morgan fingerprint density at radius 2 is 1.80 bits per heavy atom. The highest BCUT2D eigenvalue weighted by molar-refractivity contribution is 5.88. The number of halogens is 3. The summed E-state index contributed by atoms with van der Waals surface area (Å²) in [5.41, 5.74) is 0.186. The summed E-state index contributed by atoms with van der Waals surface area (Å²) in [4.78, 5) is 28.7. The Balaban J connectivity index is 1.82. The molecule has 0 radical (unpaired) electrons. The molecule has 1 amide bonds. The van der Waals surface area contributed by atoms with Crippen molar-refractivity contribution < 1.29 is 46.8 Å². The average Bonchev–Trinajstić information content (AvgIpc) is 3.33. The van der Waals surface area contributed by atoms with Gasteiger partial charge in [0.25, 0.3) is 5.91 Å². The third kappa shape index (κ3) is 6.89. The molecule has 2 aromatic rings. The van der Waals surface area contributed by atoms with Crippen molar-refractivity contribution in [3.63, 3.8) is 0 Å². The number of nitrogens with zero attached hydrogens (tertiary/aromatic N) is 1. The fourth-order valence-corrected chi connectivity index (χ4v) is 6.58. The molecule has 242 valence electrons. The van der Waals surface area contributed by atoms with Crippen LogP contribution in [0.15, 0.2) is 42.5 Å². The molecule has 1 N–H and O–H groups in total. The fourth-order valence-electron chi connectivity index (χ4n) is 6.58. The second-order valence-electron chi connectivity index (χ2n) is 12.6. The minimum Gasteiger partial charge on any atom is -0.496 e. The molecule has 2 fully saturated rings. The van der Waals surface area contributed by atoms with E-state index in [1.165, 1.54) is 25.2 Å². The van der Waals surface area contributed by atoms with Gasteiger partial charge in [0.1, 0.15) is 24.0 Å².